The van der Waals surface area contributed by atoms with Crippen LogP contribution in [0.25, 0.3) is 0 Å². The summed E-state index contributed by atoms with van der Waals surface area (Å²) in [6.07, 6.45) is 4.98. The third-order valence-corrected chi connectivity index (χ3v) is 3.44. The Morgan fingerprint density at radius 2 is 2.04 bits per heavy atom. The predicted octanol–water partition coefficient (Wildman–Crippen LogP) is 1.79. The van der Waals surface area contributed by atoms with E-state index in [1.165, 1.54) is 0 Å². The molecule has 0 aromatic carbocycles. The summed E-state index contributed by atoms with van der Waals surface area (Å²) in [6.45, 7) is 4.01. The molecule has 0 aliphatic rings. The zero-order valence-electron chi connectivity index (χ0n) is 15.1. The zero-order valence-corrected chi connectivity index (χ0v) is 17.4. The average molecular weight is 471 g/mol. The fourth-order valence-corrected chi connectivity index (χ4v) is 2.21. The minimum absolute atomic E-state index is 0. The molecule has 0 bridgehead atoms. The number of carbonyl (C=O) groups is 1. The van der Waals surface area contributed by atoms with Crippen molar-refractivity contribution in [2.24, 2.45) is 4.99 Å². The van der Waals surface area contributed by atoms with Crippen LogP contribution >= 0.6 is 24.0 Å². The first-order valence-electron chi connectivity index (χ1n) is 8.33. The molecule has 142 valence electrons. The molecule has 2 rings (SSSR count). The van der Waals surface area contributed by atoms with Crippen LogP contribution in [0.4, 0.5) is 5.82 Å². The molecule has 0 aliphatic heterocycles. The number of nitrogens with zero attached hydrogens (tertiary/aromatic N) is 4. The highest BCUT2D eigenvalue weighted by molar-refractivity contribution is 14.0. The Hall–Kier alpha value is -2.17. The maximum atomic E-state index is 11.9. The van der Waals surface area contributed by atoms with Gasteiger partial charge in [-0.3, -0.25) is 14.5 Å². The molecule has 2 aromatic rings. The quantitative estimate of drug-likeness (QED) is 0.236. The fraction of sp³-hybridized carbons (Fsp3) is 0.412. The lowest BCUT2D eigenvalue weighted by atomic mass is 10.3. The summed E-state index contributed by atoms with van der Waals surface area (Å²) >= 11 is 0. The van der Waals surface area contributed by atoms with Crippen LogP contribution in [-0.4, -0.2) is 46.8 Å². The van der Waals surface area contributed by atoms with Crippen molar-refractivity contribution in [3.63, 3.8) is 0 Å². The number of carbonyl (C=O) groups excluding carboxylic acids is 1. The van der Waals surface area contributed by atoms with Crippen LogP contribution in [0, 0.1) is 6.92 Å². The number of hydrogen-bond donors (Lipinski definition) is 3. The normalized spacial score (nSPS) is 10.8. The Labute approximate surface area is 170 Å². The van der Waals surface area contributed by atoms with Crippen molar-refractivity contribution >= 4 is 41.7 Å². The number of hydrogen-bond acceptors (Lipinski definition) is 4. The summed E-state index contributed by atoms with van der Waals surface area (Å²) in [4.78, 5) is 20.3. The SMILES string of the molecule is CN=C(NCCCn1cccn1)NCCC(=O)Nc1cccc(C)n1.I. The molecule has 2 heterocycles. The molecule has 0 saturated heterocycles. The first kappa shape index (κ1) is 21.9. The van der Waals surface area contributed by atoms with Crippen molar-refractivity contribution in [1.82, 2.24) is 25.4 Å². The van der Waals surface area contributed by atoms with Crippen LogP contribution in [0.15, 0.2) is 41.7 Å². The van der Waals surface area contributed by atoms with Crippen molar-refractivity contribution in [1.29, 1.82) is 0 Å². The van der Waals surface area contributed by atoms with E-state index in [1.807, 2.05) is 36.0 Å². The molecule has 0 aliphatic carbocycles. The highest BCUT2D eigenvalue weighted by atomic mass is 127. The Morgan fingerprint density at radius 1 is 1.23 bits per heavy atom. The number of aryl methyl sites for hydroxylation is 2. The van der Waals surface area contributed by atoms with Gasteiger partial charge in [0.05, 0.1) is 0 Å². The summed E-state index contributed by atoms with van der Waals surface area (Å²) in [7, 11) is 1.71. The monoisotopic (exact) mass is 471 g/mol. The van der Waals surface area contributed by atoms with Gasteiger partial charge in [0, 0.05) is 51.2 Å². The number of aliphatic imine (C=N–C) groups is 1. The van der Waals surface area contributed by atoms with Gasteiger partial charge in [-0.25, -0.2) is 4.98 Å². The Morgan fingerprint density at radius 3 is 2.73 bits per heavy atom. The van der Waals surface area contributed by atoms with Gasteiger partial charge in [0.25, 0.3) is 0 Å². The number of pyridine rings is 1. The fourth-order valence-electron chi connectivity index (χ4n) is 2.21. The number of nitrogens with one attached hydrogen (secondary N) is 3. The number of amides is 1. The van der Waals surface area contributed by atoms with E-state index in [9.17, 15) is 4.79 Å². The minimum Gasteiger partial charge on any atom is -0.356 e. The molecule has 3 N–H and O–H groups in total. The highest BCUT2D eigenvalue weighted by Gasteiger charge is 2.04. The first-order chi connectivity index (χ1) is 12.2. The number of aromatic nitrogens is 3. The van der Waals surface area contributed by atoms with E-state index in [0.717, 1.165) is 25.2 Å². The molecule has 1 amide bonds. The number of rotatable bonds is 8. The van der Waals surface area contributed by atoms with Gasteiger partial charge in [-0.15, -0.1) is 24.0 Å². The topological polar surface area (TPSA) is 96.2 Å². The van der Waals surface area contributed by atoms with Gasteiger partial charge in [0.1, 0.15) is 5.82 Å². The molecule has 26 heavy (non-hydrogen) atoms. The molecule has 8 nitrogen and oxygen atoms in total. The van der Waals surface area contributed by atoms with Crippen LogP contribution in [0.5, 0.6) is 0 Å². The molecule has 9 heteroatoms. The zero-order chi connectivity index (χ0) is 17.9. The number of halogens is 1. The van der Waals surface area contributed by atoms with Gasteiger partial charge in [0.2, 0.25) is 5.91 Å². The van der Waals surface area contributed by atoms with Crippen LogP contribution in [0.2, 0.25) is 0 Å². The Kier molecular flexibility index (Phi) is 10.3. The second-order valence-electron chi connectivity index (χ2n) is 5.51. The number of anilines is 1. The Bertz CT molecular complexity index is 688. The lowest BCUT2D eigenvalue weighted by Crippen LogP contribution is -2.39. The van der Waals surface area contributed by atoms with Crippen molar-refractivity contribution in [3.8, 4) is 0 Å². The summed E-state index contributed by atoms with van der Waals surface area (Å²) in [5.74, 6) is 1.17. The highest BCUT2D eigenvalue weighted by Crippen LogP contribution is 2.03. The van der Waals surface area contributed by atoms with Gasteiger partial charge < -0.3 is 16.0 Å². The van der Waals surface area contributed by atoms with E-state index in [-0.39, 0.29) is 29.9 Å². The Balaban J connectivity index is 0.00000338. The smallest absolute Gasteiger partial charge is 0.227 e. The molecular formula is C17H26IN7O. The van der Waals surface area contributed by atoms with Crippen LogP contribution < -0.4 is 16.0 Å². The molecule has 0 atom stereocenters. The summed E-state index contributed by atoms with van der Waals surface area (Å²) in [5, 5.41) is 13.3. The van der Waals surface area contributed by atoms with Crippen molar-refractivity contribution in [3.05, 3.63) is 42.4 Å². The summed E-state index contributed by atoms with van der Waals surface area (Å²) in [5.41, 5.74) is 0.871. The molecule has 2 aromatic heterocycles. The van der Waals surface area contributed by atoms with Crippen molar-refractivity contribution < 1.29 is 4.79 Å². The lowest BCUT2D eigenvalue weighted by Gasteiger charge is -2.12. The molecular weight excluding hydrogens is 445 g/mol. The predicted molar refractivity (Wildman–Crippen MR) is 114 cm³/mol. The molecule has 0 radical (unpaired) electrons. The van der Waals surface area contributed by atoms with Crippen molar-refractivity contribution in [2.75, 3.05) is 25.5 Å². The maximum Gasteiger partial charge on any atom is 0.227 e. The van der Waals surface area contributed by atoms with E-state index in [0.29, 0.717) is 24.7 Å². The van der Waals surface area contributed by atoms with E-state index in [1.54, 1.807) is 19.3 Å². The molecule has 0 spiro atoms. The van der Waals surface area contributed by atoms with Crippen LogP contribution in [0.3, 0.4) is 0 Å². The maximum absolute atomic E-state index is 11.9. The van der Waals surface area contributed by atoms with E-state index in [4.69, 9.17) is 0 Å². The van der Waals surface area contributed by atoms with Crippen molar-refractivity contribution in [2.45, 2.75) is 26.3 Å². The largest absolute Gasteiger partial charge is 0.356 e. The standard InChI is InChI=1S/C17H25N7O.HI/c1-14-6-3-7-15(22-14)23-16(25)8-11-20-17(18-2)19-9-4-12-24-13-5-10-21-24;/h3,5-7,10,13H,4,8-9,11-12H2,1-2H3,(H2,18,19,20)(H,22,23,25);1H. The van der Waals surface area contributed by atoms with Gasteiger partial charge in [-0.2, -0.15) is 5.10 Å². The van der Waals surface area contributed by atoms with Crippen LogP contribution in [0.1, 0.15) is 18.5 Å². The molecule has 0 unspecified atom stereocenters. The van der Waals surface area contributed by atoms with Gasteiger partial charge in [0.15, 0.2) is 5.96 Å². The second kappa shape index (κ2) is 12.2. The lowest BCUT2D eigenvalue weighted by molar-refractivity contribution is -0.116. The minimum atomic E-state index is -0.0836. The summed E-state index contributed by atoms with van der Waals surface area (Å²) < 4.78 is 1.89. The molecule has 0 fully saturated rings. The van der Waals surface area contributed by atoms with Crippen LogP contribution in [-0.2, 0) is 11.3 Å². The summed E-state index contributed by atoms with van der Waals surface area (Å²) in [6, 6.07) is 7.44. The van der Waals surface area contributed by atoms with Gasteiger partial charge in [-0.05, 0) is 31.5 Å². The first-order valence-corrected chi connectivity index (χ1v) is 8.33. The van der Waals surface area contributed by atoms with E-state index >= 15 is 0 Å². The molecule has 0 saturated carbocycles. The van der Waals surface area contributed by atoms with Gasteiger partial charge in [-0.1, -0.05) is 6.07 Å². The van der Waals surface area contributed by atoms with Gasteiger partial charge >= 0.3 is 0 Å². The third kappa shape index (κ3) is 8.28. The van der Waals surface area contributed by atoms with E-state index in [2.05, 4.69) is 31.0 Å². The second-order valence-corrected chi connectivity index (χ2v) is 5.51. The average Bonchev–Trinajstić information content (AvgIpc) is 3.10. The number of guanidine groups is 1. The third-order valence-electron chi connectivity index (χ3n) is 3.44. The van der Waals surface area contributed by atoms with E-state index < -0.39 is 0 Å².